The molecule has 2 saturated heterocycles. The van der Waals surface area contributed by atoms with Crippen molar-refractivity contribution >= 4 is 5.91 Å². The molecule has 120 valence electrons. The summed E-state index contributed by atoms with van der Waals surface area (Å²) in [7, 11) is 2.21. The third kappa shape index (κ3) is 3.31. The van der Waals surface area contributed by atoms with E-state index in [2.05, 4.69) is 27.1 Å². The molecule has 2 aliphatic heterocycles. The summed E-state index contributed by atoms with van der Waals surface area (Å²) in [5.74, 6) is 0.294. The van der Waals surface area contributed by atoms with Crippen molar-refractivity contribution in [2.45, 2.75) is 31.2 Å². The molecule has 22 heavy (non-hydrogen) atoms. The summed E-state index contributed by atoms with van der Waals surface area (Å²) in [6.45, 7) is 4.86. The smallest absolute Gasteiger partial charge is 0.223 e. The van der Waals surface area contributed by atoms with E-state index in [1.165, 1.54) is 5.56 Å². The Morgan fingerprint density at radius 2 is 2.00 bits per heavy atom. The molecule has 5 nitrogen and oxygen atoms in total. The van der Waals surface area contributed by atoms with Crippen LogP contribution in [0.3, 0.4) is 0 Å². The molecule has 5 heteroatoms. The second-order valence-electron chi connectivity index (χ2n) is 6.57. The van der Waals surface area contributed by atoms with Gasteiger partial charge in [0.15, 0.2) is 0 Å². The fourth-order valence-corrected chi connectivity index (χ4v) is 3.67. The highest BCUT2D eigenvalue weighted by molar-refractivity contribution is 5.76. The van der Waals surface area contributed by atoms with E-state index in [1.807, 2.05) is 12.1 Å². The topological polar surface area (TPSA) is 48.5 Å². The zero-order chi connectivity index (χ0) is 15.4. The van der Waals surface area contributed by atoms with Crippen LogP contribution in [0, 0.1) is 0 Å². The van der Waals surface area contributed by atoms with Gasteiger partial charge in [-0.1, -0.05) is 0 Å². The van der Waals surface area contributed by atoms with Crippen molar-refractivity contribution in [3.05, 3.63) is 30.1 Å². The summed E-state index contributed by atoms with van der Waals surface area (Å²) < 4.78 is 0. The van der Waals surface area contributed by atoms with Crippen LogP contribution in [0.15, 0.2) is 24.5 Å². The van der Waals surface area contributed by atoms with Crippen LogP contribution in [0.25, 0.3) is 0 Å². The summed E-state index contributed by atoms with van der Waals surface area (Å²) >= 11 is 0. The first-order valence-electron chi connectivity index (χ1n) is 8.28. The molecule has 3 rings (SSSR count). The predicted molar refractivity (Wildman–Crippen MR) is 86.6 cm³/mol. The van der Waals surface area contributed by atoms with E-state index >= 15 is 0 Å². The van der Waals surface area contributed by atoms with Crippen molar-refractivity contribution in [1.29, 1.82) is 0 Å². The number of hydrogen-bond acceptors (Lipinski definition) is 4. The molecule has 1 aromatic rings. The Morgan fingerprint density at radius 1 is 1.27 bits per heavy atom. The Kier molecular flexibility index (Phi) is 4.74. The largest absolute Gasteiger partial charge is 0.340 e. The van der Waals surface area contributed by atoms with E-state index in [-0.39, 0.29) is 5.54 Å². The molecule has 1 amide bonds. The van der Waals surface area contributed by atoms with Crippen molar-refractivity contribution in [2.75, 3.05) is 39.8 Å². The zero-order valence-corrected chi connectivity index (χ0v) is 13.4. The van der Waals surface area contributed by atoms with Crippen LogP contribution in [0.1, 0.15) is 24.8 Å². The van der Waals surface area contributed by atoms with E-state index in [0.29, 0.717) is 12.3 Å². The molecule has 0 radical (unpaired) electrons. The van der Waals surface area contributed by atoms with Gasteiger partial charge in [0.2, 0.25) is 5.91 Å². The number of rotatable bonds is 3. The molecule has 3 heterocycles. The lowest BCUT2D eigenvalue weighted by atomic mass is 9.84. The van der Waals surface area contributed by atoms with Gasteiger partial charge >= 0.3 is 0 Å². The first-order chi connectivity index (χ1) is 10.7. The predicted octanol–water partition coefficient (Wildman–Crippen LogP) is 0.910. The lowest BCUT2D eigenvalue weighted by Gasteiger charge is -2.51. The number of likely N-dealkylation sites (N-methyl/N-ethyl adjacent to an activating group) is 1. The highest BCUT2D eigenvalue weighted by atomic mass is 16.2. The van der Waals surface area contributed by atoms with Crippen molar-refractivity contribution < 1.29 is 4.79 Å². The zero-order valence-electron chi connectivity index (χ0n) is 13.4. The van der Waals surface area contributed by atoms with Gasteiger partial charge in [-0.25, -0.2) is 0 Å². The Labute approximate surface area is 132 Å². The van der Waals surface area contributed by atoms with E-state index in [1.54, 1.807) is 12.4 Å². The van der Waals surface area contributed by atoms with Gasteiger partial charge < -0.3 is 10.2 Å². The summed E-state index contributed by atoms with van der Waals surface area (Å²) in [4.78, 5) is 21.2. The number of hydrogen-bond donors (Lipinski definition) is 1. The SMILES string of the molecule is CN1CCN(C(=O)CCc2ccncc2)CC12CCNCC2. The van der Waals surface area contributed by atoms with Crippen LogP contribution in [0.4, 0.5) is 0 Å². The van der Waals surface area contributed by atoms with Gasteiger partial charge in [0, 0.05) is 44.0 Å². The Bertz CT molecular complexity index is 499. The van der Waals surface area contributed by atoms with Gasteiger partial charge in [0.25, 0.3) is 0 Å². The number of nitrogens with one attached hydrogen (secondary N) is 1. The average Bonchev–Trinajstić information content (AvgIpc) is 2.57. The van der Waals surface area contributed by atoms with Crippen LogP contribution >= 0.6 is 0 Å². The molecule has 1 spiro atoms. The van der Waals surface area contributed by atoms with Gasteiger partial charge in [-0.05, 0) is 57.1 Å². The van der Waals surface area contributed by atoms with Crippen molar-refractivity contribution in [3.8, 4) is 0 Å². The van der Waals surface area contributed by atoms with E-state index < -0.39 is 0 Å². The maximum Gasteiger partial charge on any atom is 0.223 e. The molecule has 1 N–H and O–H groups in total. The number of aromatic nitrogens is 1. The molecule has 0 bridgehead atoms. The van der Waals surface area contributed by atoms with Crippen molar-refractivity contribution in [2.24, 2.45) is 0 Å². The number of amides is 1. The standard InChI is InChI=1S/C17H26N4O/c1-20-12-13-21(14-17(20)6-10-19-11-7-17)16(22)3-2-15-4-8-18-9-5-15/h4-5,8-9,19H,2-3,6-7,10-14H2,1H3. The summed E-state index contributed by atoms with van der Waals surface area (Å²) in [5.41, 5.74) is 1.38. The van der Waals surface area contributed by atoms with Crippen LogP contribution in [-0.4, -0.2) is 66.0 Å². The molecule has 0 saturated carbocycles. The summed E-state index contributed by atoms with van der Waals surface area (Å²) in [6.07, 6.45) is 7.26. The normalized spacial score (nSPS) is 22.0. The van der Waals surface area contributed by atoms with Gasteiger partial charge in [-0.3, -0.25) is 14.7 Å². The Hall–Kier alpha value is -1.46. The van der Waals surface area contributed by atoms with E-state index in [0.717, 1.165) is 52.0 Å². The third-order valence-electron chi connectivity index (χ3n) is 5.26. The lowest BCUT2D eigenvalue weighted by Crippen LogP contribution is -2.64. The van der Waals surface area contributed by atoms with E-state index in [9.17, 15) is 4.79 Å². The minimum atomic E-state index is 0.190. The molecule has 0 unspecified atom stereocenters. The number of piperidine rings is 1. The number of aryl methyl sites for hydroxylation is 1. The Balaban J connectivity index is 1.58. The Morgan fingerprint density at radius 3 is 2.73 bits per heavy atom. The van der Waals surface area contributed by atoms with Crippen LogP contribution < -0.4 is 5.32 Å². The summed E-state index contributed by atoms with van der Waals surface area (Å²) in [5, 5.41) is 3.43. The van der Waals surface area contributed by atoms with Gasteiger partial charge in [-0.15, -0.1) is 0 Å². The lowest BCUT2D eigenvalue weighted by molar-refractivity contribution is -0.137. The molecule has 2 aliphatic rings. The maximum atomic E-state index is 12.6. The van der Waals surface area contributed by atoms with Crippen molar-refractivity contribution in [1.82, 2.24) is 20.1 Å². The molecule has 0 atom stereocenters. The monoisotopic (exact) mass is 302 g/mol. The van der Waals surface area contributed by atoms with Crippen LogP contribution in [0.5, 0.6) is 0 Å². The molecule has 2 fully saturated rings. The maximum absolute atomic E-state index is 12.6. The fourth-order valence-electron chi connectivity index (χ4n) is 3.67. The minimum Gasteiger partial charge on any atom is -0.340 e. The number of pyridine rings is 1. The van der Waals surface area contributed by atoms with Crippen LogP contribution in [-0.2, 0) is 11.2 Å². The van der Waals surface area contributed by atoms with Crippen LogP contribution in [0.2, 0.25) is 0 Å². The number of nitrogens with zero attached hydrogens (tertiary/aromatic N) is 3. The van der Waals surface area contributed by atoms with Gasteiger partial charge in [0.1, 0.15) is 0 Å². The minimum absolute atomic E-state index is 0.190. The fraction of sp³-hybridized carbons (Fsp3) is 0.647. The third-order valence-corrected chi connectivity index (χ3v) is 5.26. The first kappa shape index (κ1) is 15.4. The highest BCUT2D eigenvalue weighted by Gasteiger charge is 2.41. The number of piperazine rings is 1. The average molecular weight is 302 g/mol. The van der Waals surface area contributed by atoms with Crippen molar-refractivity contribution in [3.63, 3.8) is 0 Å². The van der Waals surface area contributed by atoms with E-state index in [4.69, 9.17) is 0 Å². The first-order valence-corrected chi connectivity index (χ1v) is 8.28. The molecule has 0 aliphatic carbocycles. The van der Waals surface area contributed by atoms with Gasteiger partial charge in [-0.2, -0.15) is 0 Å². The number of carbonyl (C=O) groups is 1. The second kappa shape index (κ2) is 6.75. The quantitative estimate of drug-likeness (QED) is 0.902. The molecule has 0 aromatic carbocycles. The molecular weight excluding hydrogens is 276 g/mol. The summed E-state index contributed by atoms with van der Waals surface area (Å²) in [6, 6.07) is 3.98. The second-order valence-corrected chi connectivity index (χ2v) is 6.57. The molecule has 1 aromatic heterocycles. The highest BCUT2D eigenvalue weighted by Crippen LogP contribution is 2.29. The molecular formula is C17H26N4O. The van der Waals surface area contributed by atoms with Gasteiger partial charge in [0.05, 0.1) is 0 Å². The number of carbonyl (C=O) groups excluding carboxylic acids is 1.